The van der Waals surface area contributed by atoms with Gasteiger partial charge in [-0.15, -0.1) is 0 Å². The number of nitrogens with one attached hydrogen (secondary N) is 2. The fourth-order valence-corrected chi connectivity index (χ4v) is 3.05. The van der Waals surface area contributed by atoms with E-state index in [0.29, 0.717) is 11.8 Å². The van der Waals surface area contributed by atoms with E-state index in [1.165, 1.54) is 0 Å². The van der Waals surface area contributed by atoms with E-state index in [1.807, 2.05) is 7.05 Å². The lowest BCUT2D eigenvalue weighted by atomic mass is 10.1. The fraction of sp³-hybridized carbons (Fsp3) is 0.706. The van der Waals surface area contributed by atoms with Crippen molar-refractivity contribution in [3.8, 4) is 5.88 Å². The lowest BCUT2D eigenvalue weighted by molar-refractivity contribution is 0.364. The number of methoxy groups -OCH3 is 1. The van der Waals surface area contributed by atoms with Crippen molar-refractivity contribution >= 4 is 27.8 Å². The summed E-state index contributed by atoms with van der Waals surface area (Å²) < 4.78 is 6.02. The third-order valence-electron chi connectivity index (χ3n) is 4.03. The molecule has 2 N–H and O–H groups in total. The van der Waals surface area contributed by atoms with Gasteiger partial charge in [-0.1, -0.05) is 0 Å². The van der Waals surface area contributed by atoms with Crippen LogP contribution >= 0.6 is 15.9 Å². The minimum Gasteiger partial charge on any atom is -0.480 e. The van der Waals surface area contributed by atoms with Crippen molar-refractivity contribution < 1.29 is 4.74 Å². The van der Waals surface area contributed by atoms with Crippen LogP contribution in [0.15, 0.2) is 15.7 Å². The molecule has 2 heterocycles. The van der Waals surface area contributed by atoms with Crippen LogP contribution in [-0.2, 0) is 0 Å². The lowest BCUT2D eigenvalue weighted by Crippen LogP contribution is -2.53. The number of anilines is 1. The molecule has 0 atom stereocenters. The number of rotatable bonds is 5. The van der Waals surface area contributed by atoms with Crippen molar-refractivity contribution in [1.82, 2.24) is 25.5 Å². The zero-order chi connectivity index (χ0) is 19.2. The van der Waals surface area contributed by atoms with Crippen LogP contribution in [0.5, 0.6) is 5.88 Å². The van der Waals surface area contributed by atoms with E-state index in [9.17, 15) is 0 Å². The number of aromatic nitrogens is 2. The number of ether oxygens (including phenoxy) is 1. The van der Waals surface area contributed by atoms with Gasteiger partial charge in [0.05, 0.1) is 17.8 Å². The maximum atomic E-state index is 5.26. The topological polar surface area (TPSA) is 77.9 Å². The maximum Gasteiger partial charge on any atom is 0.232 e. The summed E-state index contributed by atoms with van der Waals surface area (Å²) in [4.78, 5) is 17.7. The van der Waals surface area contributed by atoms with Crippen LogP contribution in [0.1, 0.15) is 20.8 Å². The van der Waals surface area contributed by atoms with Crippen molar-refractivity contribution in [2.24, 2.45) is 4.99 Å². The summed E-state index contributed by atoms with van der Waals surface area (Å²) in [7, 11) is 3.44. The molecule has 1 aliphatic heterocycles. The third kappa shape index (κ3) is 5.98. The molecule has 26 heavy (non-hydrogen) atoms. The predicted molar refractivity (Wildman–Crippen MR) is 109 cm³/mol. The van der Waals surface area contributed by atoms with Crippen LogP contribution in [0.2, 0.25) is 0 Å². The Morgan fingerprint density at radius 3 is 2.54 bits per heavy atom. The first-order chi connectivity index (χ1) is 12.3. The Hall–Kier alpha value is -1.61. The van der Waals surface area contributed by atoms with Crippen LogP contribution in [-0.4, -0.2) is 79.8 Å². The average molecular weight is 428 g/mol. The Labute approximate surface area is 164 Å². The summed E-state index contributed by atoms with van der Waals surface area (Å²) in [5, 5.41) is 6.90. The number of piperazine rings is 1. The molecular formula is C17H30BrN7O. The minimum absolute atomic E-state index is 0.128. The molecule has 1 aromatic heterocycles. The highest BCUT2D eigenvalue weighted by molar-refractivity contribution is 9.10. The second-order valence-corrected chi connectivity index (χ2v) is 8.01. The minimum atomic E-state index is 0.128. The van der Waals surface area contributed by atoms with Gasteiger partial charge >= 0.3 is 0 Å². The number of aliphatic imine (C=N–C) groups is 1. The van der Waals surface area contributed by atoms with E-state index < -0.39 is 0 Å². The number of halogens is 1. The van der Waals surface area contributed by atoms with E-state index >= 15 is 0 Å². The molecule has 0 radical (unpaired) electrons. The quantitative estimate of drug-likeness (QED) is 0.416. The van der Waals surface area contributed by atoms with Gasteiger partial charge in [-0.25, -0.2) is 4.98 Å². The van der Waals surface area contributed by atoms with Gasteiger partial charge in [-0.3, -0.25) is 4.99 Å². The second-order valence-electron chi connectivity index (χ2n) is 7.15. The van der Waals surface area contributed by atoms with Gasteiger partial charge in [-0.2, -0.15) is 4.98 Å². The molecule has 0 bridgehead atoms. The van der Waals surface area contributed by atoms with Crippen LogP contribution in [0.4, 0.5) is 5.95 Å². The molecule has 0 aliphatic carbocycles. The summed E-state index contributed by atoms with van der Waals surface area (Å²) in [6, 6.07) is 0. The Kier molecular flexibility index (Phi) is 7.45. The number of nitrogens with zero attached hydrogens (tertiary/aromatic N) is 5. The third-order valence-corrected chi connectivity index (χ3v) is 4.57. The van der Waals surface area contributed by atoms with Gasteiger partial charge in [0.25, 0.3) is 0 Å². The summed E-state index contributed by atoms with van der Waals surface area (Å²) in [5.74, 6) is 2.19. The molecular weight excluding hydrogens is 398 g/mol. The van der Waals surface area contributed by atoms with E-state index in [0.717, 1.165) is 49.7 Å². The molecule has 0 amide bonds. The van der Waals surface area contributed by atoms with Crippen molar-refractivity contribution in [2.45, 2.75) is 26.3 Å². The smallest absolute Gasteiger partial charge is 0.232 e. The Morgan fingerprint density at radius 1 is 1.27 bits per heavy atom. The molecule has 2 rings (SSSR count). The highest BCUT2D eigenvalue weighted by atomic mass is 79.9. The summed E-state index contributed by atoms with van der Waals surface area (Å²) in [5.41, 5.74) is 0.128. The monoisotopic (exact) mass is 427 g/mol. The van der Waals surface area contributed by atoms with Crippen LogP contribution in [0.25, 0.3) is 0 Å². The van der Waals surface area contributed by atoms with Gasteiger partial charge in [-0.05, 0) is 36.7 Å². The van der Waals surface area contributed by atoms with Gasteiger partial charge in [0, 0.05) is 51.9 Å². The normalized spacial score (nSPS) is 16.0. The van der Waals surface area contributed by atoms with Gasteiger partial charge in [0.1, 0.15) is 0 Å². The maximum absolute atomic E-state index is 5.26. The molecule has 9 heteroatoms. The Balaban J connectivity index is 1.84. The first-order valence-corrected chi connectivity index (χ1v) is 9.65. The Bertz CT molecular complexity index is 610. The van der Waals surface area contributed by atoms with Gasteiger partial charge in [0.15, 0.2) is 5.96 Å². The van der Waals surface area contributed by atoms with Gasteiger partial charge in [0.2, 0.25) is 11.8 Å². The van der Waals surface area contributed by atoms with Crippen molar-refractivity contribution in [3.05, 3.63) is 10.7 Å². The molecule has 0 aromatic carbocycles. The van der Waals surface area contributed by atoms with Crippen LogP contribution in [0, 0.1) is 0 Å². The summed E-state index contributed by atoms with van der Waals surface area (Å²) in [6.07, 6.45) is 1.73. The van der Waals surface area contributed by atoms with Gasteiger partial charge < -0.3 is 25.2 Å². The molecule has 8 nitrogen and oxygen atoms in total. The van der Waals surface area contributed by atoms with Crippen molar-refractivity contribution in [3.63, 3.8) is 0 Å². The second kappa shape index (κ2) is 9.36. The van der Waals surface area contributed by atoms with E-state index in [4.69, 9.17) is 4.74 Å². The molecule has 146 valence electrons. The lowest BCUT2D eigenvalue weighted by Gasteiger charge is -2.36. The predicted octanol–water partition coefficient (Wildman–Crippen LogP) is 1.33. The number of hydrogen-bond donors (Lipinski definition) is 2. The van der Waals surface area contributed by atoms with Crippen molar-refractivity contribution in [2.75, 3.05) is 58.3 Å². The average Bonchev–Trinajstić information content (AvgIpc) is 2.62. The fourth-order valence-electron chi connectivity index (χ4n) is 2.70. The summed E-state index contributed by atoms with van der Waals surface area (Å²) in [6.45, 7) is 11.7. The zero-order valence-corrected chi connectivity index (χ0v) is 17.9. The highest BCUT2D eigenvalue weighted by Gasteiger charge is 2.22. The van der Waals surface area contributed by atoms with E-state index in [1.54, 1.807) is 13.3 Å². The molecule has 1 aliphatic rings. The number of hydrogen-bond acceptors (Lipinski definition) is 6. The molecule has 0 saturated carbocycles. The molecule has 1 fully saturated rings. The molecule has 0 spiro atoms. The molecule has 0 unspecified atom stereocenters. The SMILES string of the molecule is CN=C(NCCNC(C)(C)C)N1CCN(c2ncc(Br)c(OC)n2)CC1. The largest absolute Gasteiger partial charge is 0.480 e. The van der Waals surface area contributed by atoms with Crippen LogP contribution < -0.4 is 20.3 Å². The summed E-state index contributed by atoms with van der Waals surface area (Å²) >= 11 is 3.39. The zero-order valence-electron chi connectivity index (χ0n) is 16.3. The first kappa shape index (κ1) is 20.7. The Morgan fingerprint density at radius 2 is 1.96 bits per heavy atom. The van der Waals surface area contributed by atoms with Crippen LogP contribution in [0.3, 0.4) is 0 Å². The van der Waals surface area contributed by atoms with E-state index in [2.05, 4.69) is 72.1 Å². The standard InChI is InChI=1S/C17H30BrN7O/c1-17(2,3)22-7-6-20-15(19-4)24-8-10-25(11-9-24)16-21-12-13(18)14(23-16)26-5/h12,22H,6-11H2,1-5H3,(H,19,20). The first-order valence-electron chi connectivity index (χ1n) is 8.86. The number of guanidine groups is 1. The van der Waals surface area contributed by atoms with Crippen molar-refractivity contribution in [1.29, 1.82) is 0 Å². The molecule has 1 saturated heterocycles. The van der Waals surface area contributed by atoms with E-state index in [-0.39, 0.29) is 5.54 Å². The highest BCUT2D eigenvalue weighted by Crippen LogP contribution is 2.23. The molecule has 1 aromatic rings.